The van der Waals surface area contributed by atoms with E-state index in [0.717, 1.165) is 19.3 Å². The van der Waals surface area contributed by atoms with Crippen molar-refractivity contribution >= 4 is 32.2 Å². The lowest BCUT2D eigenvalue weighted by atomic mass is 9.86. The molecule has 20 heavy (non-hydrogen) atoms. The number of nitrogens with two attached hydrogens (primary N) is 1. The maximum absolute atomic E-state index is 12.5. The third kappa shape index (κ3) is 2.53. The summed E-state index contributed by atoms with van der Waals surface area (Å²) in [5.74, 6) is 0.719. The van der Waals surface area contributed by atoms with E-state index in [2.05, 4.69) is 16.6 Å². The number of anilines is 2. The zero-order chi connectivity index (χ0) is 14.3. The molecule has 2 aliphatic rings. The van der Waals surface area contributed by atoms with E-state index in [9.17, 15) is 8.42 Å². The van der Waals surface area contributed by atoms with Crippen LogP contribution in [0.5, 0.6) is 0 Å². The number of rotatable bonds is 4. The Morgan fingerprint density at radius 1 is 1.25 bits per heavy atom. The Kier molecular flexibility index (Phi) is 3.66. The smallest absolute Gasteiger partial charge is 0.187 e. The summed E-state index contributed by atoms with van der Waals surface area (Å²) in [6, 6.07) is 0.330. The second kappa shape index (κ2) is 5.18. The number of nitrogen functional groups attached to an aromatic ring is 1. The molecule has 1 heterocycles. The van der Waals surface area contributed by atoms with Gasteiger partial charge >= 0.3 is 0 Å². The molecular formula is C13H21N3O2S2. The Morgan fingerprint density at radius 3 is 2.60 bits per heavy atom. The molecule has 2 fully saturated rings. The van der Waals surface area contributed by atoms with Crippen molar-refractivity contribution in [3.63, 3.8) is 0 Å². The molecule has 0 bridgehead atoms. The number of nitrogens with zero attached hydrogens (tertiary/aromatic N) is 1. The maximum atomic E-state index is 12.5. The van der Waals surface area contributed by atoms with Crippen LogP contribution in [0.2, 0.25) is 0 Å². The van der Waals surface area contributed by atoms with E-state index >= 15 is 0 Å². The van der Waals surface area contributed by atoms with E-state index in [-0.39, 0.29) is 16.0 Å². The standard InChI is InChI=1S/C13H21N3O2S2/c1-8-4-2-3-5-10(8)15-13-11(12(14)16-19-13)20(17,18)9-6-7-9/h8-10,15H,2-7H2,1H3,(H2,14,16). The van der Waals surface area contributed by atoms with Gasteiger partial charge in [0.1, 0.15) is 9.90 Å². The summed E-state index contributed by atoms with van der Waals surface area (Å²) in [4.78, 5) is 0.253. The van der Waals surface area contributed by atoms with Gasteiger partial charge in [0.2, 0.25) is 0 Å². The van der Waals surface area contributed by atoms with Crippen molar-refractivity contribution in [3.8, 4) is 0 Å². The van der Waals surface area contributed by atoms with Crippen molar-refractivity contribution in [2.75, 3.05) is 11.1 Å². The second-order valence-corrected chi connectivity index (χ2v) is 8.92. The predicted molar refractivity (Wildman–Crippen MR) is 81.8 cm³/mol. The predicted octanol–water partition coefficient (Wildman–Crippen LogP) is 2.65. The molecule has 0 radical (unpaired) electrons. The van der Waals surface area contributed by atoms with Gasteiger partial charge in [0.25, 0.3) is 0 Å². The molecule has 2 unspecified atom stereocenters. The Labute approximate surface area is 124 Å². The molecule has 2 saturated carbocycles. The first-order valence-corrected chi connectivity index (χ1v) is 9.57. The van der Waals surface area contributed by atoms with Crippen molar-refractivity contribution < 1.29 is 8.42 Å². The van der Waals surface area contributed by atoms with E-state index in [0.29, 0.717) is 17.0 Å². The van der Waals surface area contributed by atoms with Crippen LogP contribution in [0.25, 0.3) is 0 Å². The lowest BCUT2D eigenvalue weighted by molar-refractivity contribution is 0.349. The van der Waals surface area contributed by atoms with Crippen LogP contribution in [-0.2, 0) is 9.84 Å². The van der Waals surface area contributed by atoms with E-state index < -0.39 is 9.84 Å². The van der Waals surface area contributed by atoms with Crippen molar-refractivity contribution in [1.29, 1.82) is 0 Å². The van der Waals surface area contributed by atoms with Crippen LogP contribution in [0.3, 0.4) is 0 Å². The van der Waals surface area contributed by atoms with Gasteiger partial charge in [-0.3, -0.25) is 0 Å². The van der Waals surface area contributed by atoms with Gasteiger partial charge in [0.15, 0.2) is 15.7 Å². The minimum Gasteiger partial charge on any atom is -0.382 e. The maximum Gasteiger partial charge on any atom is 0.187 e. The van der Waals surface area contributed by atoms with Gasteiger partial charge in [-0.25, -0.2) is 8.42 Å². The Bertz CT molecular complexity index is 593. The summed E-state index contributed by atoms with van der Waals surface area (Å²) >= 11 is 1.18. The fourth-order valence-corrected chi connectivity index (χ4v) is 5.84. The van der Waals surface area contributed by atoms with Crippen LogP contribution in [-0.4, -0.2) is 24.1 Å². The lowest BCUT2D eigenvalue weighted by Crippen LogP contribution is -2.30. The number of nitrogens with one attached hydrogen (secondary N) is 1. The summed E-state index contributed by atoms with van der Waals surface area (Å²) in [5, 5.41) is 3.81. The Morgan fingerprint density at radius 2 is 1.95 bits per heavy atom. The fraction of sp³-hybridized carbons (Fsp3) is 0.769. The molecule has 3 N–H and O–H groups in total. The highest BCUT2D eigenvalue weighted by Gasteiger charge is 2.41. The van der Waals surface area contributed by atoms with E-state index in [1.807, 2.05) is 0 Å². The highest BCUT2D eigenvalue weighted by atomic mass is 32.2. The zero-order valence-corrected chi connectivity index (χ0v) is 13.3. The zero-order valence-electron chi connectivity index (χ0n) is 11.6. The lowest BCUT2D eigenvalue weighted by Gasteiger charge is -2.29. The summed E-state index contributed by atoms with van der Waals surface area (Å²) < 4.78 is 29.0. The van der Waals surface area contributed by atoms with Gasteiger partial charge in [-0.1, -0.05) is 19.8 Å². The monoisotopic (exact) mass is 315 g/mol. The van der Waals surface area contributed by atoms with Crippen molar-refractivity contribution in [1.82, 2.24) is 4.37 Å². The van der Waals surface area contributed by atoms with Crippen LogP contribution in [0.15, 0.2) is 4.90 Å². The first kappa shape index (κ1) is 14.1. The normalized spacial score (nSPS) is 27.4. The SMILES string of the molecule is CC1CCCCC1Nc1snc(N)c1S(=O)(=O)C1CC1. The molecule has 1 aromatic rings. The highest BCUT2D eigenvalue weighted by Crippen LogP contribution is 2.42. The summed E-state index contributed by atoms with van der Waals surface area (Å²) in [7, 11) is -3.29. The summed E-state index contributed by atoms with van der Waals surface area (Å²) in [6.07, 6.45) is 6.23. The number of hydrogen-bond donors (Lipinski definition) is 2. The van der Waals surface area contributed by atoms with Crippen molar-refractivity contribution in [2.24, 2.45) is 5.92 Å². The van der Waals surface area contributed by atoms with Crippen LogP contribution in [0, 0.1) is 5.92 Å². The molecule has 7 heteroatoms. The van der Waals surface area contributed by atoms with Crippen LogP contribution >= 0.6 is 11.5 Å². The van der Waals surface area contributed by atoms with Crippen LogP contribution in [0.1, 0.15) is 45.4 Å². The molecule has 0 amide bonds. The van der Waals surface area contributed by atoms with E-state index in [1.165, 1.54) is 30.8 Å². The molecule has 0 aliphatic heterocycles. The number of hydrogen-bond acceptors (Lipinski definition) is 6. The van der Waals surface area contributed by atoms with Gasteiger partial charge in [-0.15, -0.1) is 0 Å². The molecule has 2 atom stereocenters. The molecule has 2 aliphatic carbocycles. The largest absolute Gasteiger partial charge is 0.382 e. The second-order valence-electron chi connectivity index (χ2n) is 5.98. The van der Waals surface area contributed by atoms with Crippen LogP contribution in [0.4, 0.5) is 10.8 Å². The summed E-state index contributed by atoms with van der Waals surface area (Å²) in [6.45, 7) is 2.22. The molecule has 3 rings (SSSR count). The third-order valence-electron chi connectivity index (χ3n) is 4.35. The Hall–Kier alpha value is -0.820. The molecule has 1 aromatic heterocycles. The van der Waals surface area contributed by atoms with Crippen molar-refractivity contribution in [3.05, 3.63) is 0 Å². The molecular weight excluding hydrogens is 294 g/mol. The Balaban J connectivity index is 1.87. The van der Waals surface area contributed by atoms with Gasteiger partial charge < -0.3 is 11.1 Å². The molecule has 0 spiro atoms. The van der Waals surface area contributed by atoms with Gasteiger partial charge in [-0.05, 0) is 43.1 Å². The topological polar surface area (TPSA) is 85.1 Å². The van der Waals surface area contributed by atoms with E-state index in [1.54, 1.807) is 0 Å². The van der Waals surface area contributed by atoms with Gasteiger partial charge in [-0.2, -0.15) is 4.37 Å². The van der Waals surface area contributed by atoms with Gasteiger partial charge in [0.05, 0.1) is 5.25 Å². The molecule has 112 valence electrons. The van der Waals surface area contributed by atoms with Gasteiger partial charge in [0, 0.05) is 6.04 Å². The minimum atomic E-state index is -3.29. The fourth-order valence-electron chi connectivity index (χ4n) is 2.90. The minimum absolute atomic E-state index is 0.160. The molecule has 5 nitrogen and oxygen atoms in total. The van der Waals surface area contributed by atoms with Crippen LogP contribution < -0.4 is 11.1 Å². The van der Waals surface area contributed by atoms with Crippen molar-refractivity contribution in [2.45, 2.75) is 61.6 Å². The quantitative estimate of drug-likeness (QED) is 0.892. The molecule has 0 saturated heterocycles. The first-order valence-electron chi connectivity index (χ1n) is 7.25. The number of sulfone groups is 1. The average Bonchev–Trinajstić information content (AvgIpc) is 3.18. The average molecular weight is 315 g/mol. The summed E-state index contributed by atoms with van der Waals surface area (Å²) in [5.41, 5.74) is 5.81. The number of aromatic nitrogens is 1. The van der Waals surface area contributed by atoms with E-state index in [4.69, 9.17) is 5.73 Å². The third-order valence-corrected chi connectivity index (χ3v) is 7.60. The highest BCUT2D eigenvalue weighted by molar-refractivity contribution is 7.92. The first-order chi connectivity index (χ1) is 9.50. The molecule has 0 aromatic carbocycles.